The molecule has 93 heavy (non-hydrogen) atoms. The molecule has 0 saturated heterocycles. The highest BCUT2D eigenvalue weighted by Gasteiger charge is 2.20. The molecule has 6 heteroatoms. The van der Waals surface area contributed by atoms with E-state index in [0.29, 0.717) is 25.9 Å². The third-order valence-electron chi connectivity index (χ3n) is 20.2. The molecule has 0 aliphatic heterocycles. The Balaban J connectivity index is 3.35. The van der Waals surface area contributed by atoms with Gasteiger partial charge in [0.15, 0.2) is 0 Å². The van der Waals surface area contributed by atoms with E-state index < -0.39 is 12.1 Å². The van der Waals surface area contributed by atoms with Crippen LogP contribution in [-0.4, -0.2) is 47.4 Å². The first-order valence-corrected chi connectivity index (χ1v) is 42.7. The van der Waals surface area contributed by atoms with Crippen LogP contribution in [-0.2, 0) is 14.3 Å². The Morgan fingerprint density at radius 1 is 0.301 bits per heavy atom. The van der Waals surface area contributed by atoms with E-state index in [1.807, 2.05) is 0 Å². The van der Waals surface area contributed by atoms with Crippen LogP contribution in [0.15, 0.2) is 36.5 Å². The van der Waals surface area contributed by atoms with Crippen molar-refractivity contribution in [2.45, 2.75) is 495 Å². The minimum atomic E-state index is -0.663. The Hall–Kier alpha value is -1.92. The maximum absolute atomic E-state index is 12.6. The summed E-state index contributed by atoms with van der Waals surface area (Å²) in [7, 11) is 0. The van der Waals surface area contributed by atoms with Crippen molar-refractivity contribution in [3.05, 3.63) is 36.5 Å². The van der Waals surface area contributed by atoms with E-state index in [2.05, 4.69) is 55.6 Å². The fraction of sp³-hybridized carbons (Fsp3) is 0.908. The number of hydrogen-bond donors (Lipinski definition) is 3. The lowest BCUT2D eigenvalue weighted by Gasteiger charge is -2.22. The number of aliphatic hydroxyl groups is 2. The van der Waals surface area contributed by atoms with Crippen molar-refractivity contribution in [2.75, 3.05) is 13.2 Å². The third-order valence-corrected chi connectivity index (χ3v) is 20.2. The molecule has 2 atom stereocenters. The number of ether oxygens (including phenoxy) is 1. The quantitative estimate of drug-likeness (QED) is 0.0320. The van der Waals surface area contributed by atoms with Crippen molar-refractivity contribution in [3.63, 3.8) is 0 Å². The summed E-state index contributed by atoms with van der Waals surface area (Å²) in [5, 5.41) is 23.5. The van der Waals surface area contributed by atoms with Crippen molar-refractivity contribution >= 4 is 11.9 Å². The minimum Gasteiger partial charge on any atom is -0.466 e. The molecule has 2 unspecified atom stereocenters. The van der Waals surface area contributed by atoms with Crippen LogP contribution in [0.3, 0.4) is 0 Å². The number of amides is 1. The van der Waals surface area contributed by atoms with Crippen molar-refractivity contribution in [3.8, 4) is 0 Å². The lowest BCUT2D eigenvalue weighted by molar-refractivity contribution is -0.143. The Kier molecular flexibility index (Phi) is 80.8. The fourth-order valence-corrected chi connectivity index (χ4v) is 13.7. The first-order chi connectivity index (χ1) is 46.0. The maximum Gasteiger partial charge on any atom is 0.305 e. The van der Waals surface area contributed by atoms with Crippen LogP contribution in [0.25, 0.3) is 0 Å². The highest BCUT2D eigenvalue weighted by molar-refractivity contribution is 5.76. The van der Waals surface area contributed by atoms with Gasteiger partial charge in [-0.3, -0.25) is 9.59 Å². The van der Waals surface area contributed by atoms with E-state index in [-0.39, 0.29) is 18.5 Å². The second-order valence-corrected chi connectivity index (χ2v) is 29.5. The van der Waals surface area contributed by atoms with Gasteiger partial charge in [0.05, 0.1) is 25.4 Å². The normalized spacial score (nSPS) is 12.6. The molecule has 3 N–H and O–H groups in total. The summed E-state index contributed by atoms with van der Waals surface area (Å²) in [5.74, 6) is -0.00887. The van der Waals surface area contributed by atoms with Gasteiger partial charge in [0, 0.05) is 12.8 Å². The molecular weight excluding hydrogens is 1140 g/mol. The van der Waals surface area contributed by atoms with Gasteiger partial charge < -0.3 is 20.3 Å². The lowest BCUT2D eigenvalue weighted by atomic mass is 10.0. The van der Waals surface area contributed by atoms with Crippen molar-refractivity contribution in [1.82, 2.24) is 5.32 Å². The molecule has 6 nitrogen and oxygen atoms in total. The molecular formula is C87H167NO5. The molecule has 0 spiro atoms. The van der Waals surface area contributed by atoms with E-state index in [1.54, 1.807) is 0 Å². The summed E-state index contributed by atoms with van der Waals surface area (Å²) in [6, 6.07) is -0.540. The van der Waals surface area contributed by atoms with Gasteiger partial charge in [0.2, 0.25) is 5.91 Å². The number of aliphatic hydroxyl groups excluding tert-OH is 2. The predicted molar refractivity (Wildman–Crippen MR) is 412 cm³/mol. The summed E-state index contributed by atoms with van der Waals surface area (Å²) >= 11 is 0. The van der Waals surface area contributed by atoms with Crippen LogP contribution in [0.5, 0.6) is 0 Å². The average molecular weight is 1310 g/mol. The number of carbonyl (C=O) groups excluding carboxylic acids is 2. The Bertz CT molecular complexity index is 1510. The first-order valence-electron chi connectivity index (χ1n) is 42.7. The predicted octanol–water partition coefficient (Wildman–Crippen LogP) is 28.6. The number of unbranched alkanes of at least 4 members (excludes halogenated alkanes) is 64. The second-order valence-electron chi connectivity index (χ2n) is 29.5. The molecule has 0 bridgehead atoms. The van der Waals surface area contributed by atoms with Gasteiger partial charge in [0.25, 0.3) is 0 Å². The summed E-state index contributed by atoms with van der Waals surface area (Å²) in [5.41, 5.74) is 0. The van der Waals surface area contributed by atoms with Gasteiger partial charge in [0.1, 0.15) is 0 Å². The second kappa shape index (κ2) is 82.5. The average Bonchev–Trinajstić information content (AvgIpc) is 3.78. The molecule has 0 aromatic rings. The number of hydrogen-bond acceptors (Lipinski definition) is 5. The maximum atomic E-state index is 12.6. The van der Waals surface area contributed by atoms with E-state index in [9.17, 15) is 19.8 Å². The Labute approximate surface area is 583 Å². The zero-order valence-electron chi connectivity index (χ0n) is 63.3. The monoisotopic (exact) mass is 1310 g/mol. The van der Waals surface area contributed by atoms with Crippen LogP contribution in [0.1, 0.15) is 483 Å². The van der Waals surface area contributed by atoms with Crippen molar-refractivity contribution < 1.29 is 24.5 Å². The van der Waals surface area contributed by atoms with Gasteiger partial charge in [-0.05, 0) is 83.5 Å². The molecule has 550 valence electrons. The highest BCUT2D eigenvalue weighted by Crippen LogP contribution is 2.20. The lowest BCUT2D eigenvalue weighted by Crippen LogP contribution is -2.45. The molecule has 0 radical (unpaired) electrons. The number of allylic oxidation sites excluding steroid dienone is 6. The molecule has 1 amide bonds. The fourth-order valence-electron chi connectivity index (χ4n) is 13.7. The molecule has 0 fully saturated rings. The molecule has 0 aliphatic rings. The van der Waals surface area contributed by atoms with Gasteiger partial charge in [-0.25, -0.2) is 0 Å². The number of carbonyl (C=O) groups is 2. The zero-order chi connectivity index (χ0) is 67.0. The SMILES string of the molecule is CCCCCCCC/C=C\CCCCCCCCCC(=O)OCCCCCCCCCCCCCCCCC/C=C\C/C=C\CCCCCCCCCCCCCCCCCCCC(=O)NC(CO)C(O)CCCCCCCCCCCCCCCCCCCCCC. The number of rotatable bonds is 81. The molecule has 0 aromatic carbocycles. The number of nitrogens with one attached hydrogen (secondary N) is 1. The summed E-state index contributed by atoms with van der Waals surface area (Å²) in [4.78, 5) is 24.7. The van der Waals surface area contributed by atoms with Gasteiger partial charge in [-0.1, -0.05) is 423 Å². The molecule has 0 aromatic heterocycles. The van der Waals surface area contributed by atoms with Crippen molar-refractivity contribution in [1.29, 1.82) is 0 Å². The van der Waals surface area contributed by atoms with Gasteiger partial charge in [-0.15, -0.1) is 0 Å². The summed E-state index contributed by atoms with van der Waals surface area (Å²) in [6.07, 6.45) is 108. The van der Waals surface area contributed by atoms with Crippen LogP contribution in [0.2, 0.25) is 0 Å². The molecule has 0 rings (SSSR count). The summed E-state index contributed by atoms with van der Waals surface area (Å²) in [6.45, 7) is 5.00. The Morgan fingerprint density at radius 2 is 0.538 bits per heavy atom. The third kappa shape index (κ3) is 79.0. The van der Waals surface area contributed by atoms with E-state index in [0.717, 1.165) is 51.4 Å². The first kappa shape index (κ1) is 91.1. The smallest absolute Gasteiger partial charge is 0.305 e. The van der Waals surface area contributed by atoms with Gasteiger partial charge >= 0.3 is 5.97 Å². The van der Waals surface area contributed by atoms with E-state index in [1.165, 1.54) is 398 Å². The van der Waals surface area contributed by atoms with Crippen LogP contribution in [0, 0.1) is 0 Å². The van der Waals surface area contributed by atoms with E-state index in [4.69, 9.17) is 4.74 Å². The highest BCUT2D eigenvalue weighted by atomic mass is 16.5. The molecule has 0 saturated carbocycles. The van der Waals surface area contributed by atoms with Gasteiger partial charge in [-0.2, -0.15) is 0 Å². The van der Waals surface area contributed by atoms with Crippen molar-refractivity contribution in [2.24, 2.45) is 0 Å². The topological polar surface area (TPSA) is 95.9 Å². The van der Waals surface area contributed by atoms with Crippen LogP contribution >= 0.6 is 0 Å². The Morgan fingerprint density at radius 3 is 0.828 bits per heavy atom. The minimum absolute atomic E-state index is 0.0179. The largest absolute Gasteiger partial charge is 0.466 e. The number of esters is 1. The molecule has 0 heterocycles. The van der Waals surface area contributed by atoms with E-state index >= 15 is 0 Å². The zero-order valence-corrected chi connectivity index (χ0v) is 63.3. The molecule has 0 aliphatic carbocycles. The van der Waals surface area contributed by atoms with Crippen LogP contribution < -0.4 is 5.32 Å². The summed E-state index contributed by atoms with van der Waals surface area (Å²) < 4.78 is 5.51. The standard InChI is InChI=1S/C87H167NO5/c1-3-5-7-9-11-13-15-17-19-21-22-44-48-51-55-59-63-67-71-75-79-85(90)84(83-89)88-86(91)80-76-72-68-64-60-56-52-49-45-42-40-38-36-34-32-30-28-26-24-23-25-27-29-31-33-35-37-39-41-43-46-50-54-58-62-66-70-74-78-82-93-87(92)81-77-73-69-65-61-57-53-47-20-18-16-14-12-10-8-6-4-2/h18,20,23-24,27,29,84-85,89-90H,3-17,19,21-22,25-26,28,30-83H2,1-2H3,(H,88,91)/b20-18-,24-23-,29-27-. The van der Waals surface area contributed by atoms with Crippen LogP contribution in [0.4, 0.5) is 0 Å².